The van der Waals surface area contributed by atoms with Crippen LogP contribution in [0.2, 0.25) is 0 Å². The van der Waals surface area contributed by atoms with Crippen molar-refractivity contribution in [1.82, 2.24) is 20.7 Å². The molecule has 1 heterocycles. The fourth-order valence-corrected chi connectivity index (χ4v) is 3.31. The van der Waals surface area contributed by atoms with E-state index in [1.54, 1.807) is 24.3 Å². The normalized spacial score (nSPS) is 11.9. The molecule has 0 fully saturated rings. The van der Waals surface area contributed by atoms with Crippen molar-refractivity contribution in [1.29, 1.82) is 0 Å². The molecule has 29 heavy (non-hydrogen) atoms. The Bertz CT molecular complexity index is 1120. The van der Waals surface area contributed by atoms with E-state index in [0.717, 1.165) is 11.1 Å². The lowest BCUT2D eigenvalue weighted by atomic mass is 9.96. The molecular formula is C23H20N4O2. The van der Waals surface area contributed by atoms with Crippen LogP contribution in [-0.4, -0.2) is 33.1 Å². The average Bonchev–Trinajstić information content (AvgIpc) is 3.24. The van der Waals surface area contributed by atoms with Crippen molar-refractivity contribution in [3.05, 3.63) is 95.6 Å². The Kier molecular flexibility index (Phi) is 5.42. The lowest BCUT2D eigenvalue weighted by Crippen LogP contribution is -2.43. The Hall–Kier alpha value is -3.80. The maximum atomic E-state index is 13.2. The zero-order chi connectivity index (χ0) is 20.1. The second kappa shape index (κ2) is 8.48. The Morgan fingerprint density at radius 3 is 2.34 bits per heavy atom. The van der Waals surface area contributed by atoms with Gasteiger partial charge in [-0.25, -0.2) is 0 Å². The highest BCUT2D eigenvalue weighted by Crippen LogP contribution is 2.16. The summed E-state index contributed by atoms with van der Waals surface area (Å²) in [6, 6.07) is 23.5. The second-order valence-electron chi connectivity index (χ2n) is 6.83. The van der Waals surface area contributed by atoms with Crippen molar-refractivity contribution in [2.24, 2.45) is 0 Å². The number of aromatic nitrogens is 3. The summed E-state index contributed by atoms with van der Waals surface area (Å²) in [4.78, 5) is 25.9. The van der Waals surface area contributed by atoms with E-state index < -0.39 is 6.04 Å². The van der Waals surface area contributed by atoms with Gasteiger partial charge in [0.25, 0.3) is 5.91 Å². The van der Waals surface area contributed by atoms with Crippen molar-refractivity contribution < 1.29 is 9.59 Å². The highest BCUT2D eigenvalue weighted by Gasteiger charge is 2.23. The van der Waals surface area contributed by atoms with Gasteiger partial charge in [-0.15, -0.1) is 0 Å². The number of ketones is 1. The third-order valence-corrected chi connectivity index (χ3v) is 4.81. The first-order chi connectivity index (χ1) is 14.2. The minimum absolute atomic E-state index is 0.0753. The number of amides is 1. The Labute approximate surface area is 168 Å². The molecule has 1 unspecified atom stereocenters. The Balaban J connectivity index is 1.57. The van der Waals surface area contributed by atoms with Gasteiger partial charge in [-0.3, -0.25) is 9.59 Å². The summed E-state index contributed by atoms with van der Waals surface area (Å²) in [5.74, 6) is -0.340. The third-order valence-electron chi connectivity index (χ3n) is 4.81. The Morgan fingerprint density at radius 1 is 0.862 bits per heavy atom. The van der Waals surface area contributed by atoms with Crippen LogP contribution in [0.1, 0.15) is 21.5 Å². The maximum absolute atomic E-state index is 13.2. The molecule has 3 aromatic carbocycles. The van der Waals surface area contributed by atoms with Gasteiger partial charge in [0.05, 0.1) is 6.04 Å². The zero-order valence-corrected chi connectivity index (χ0v) is 15.7. The van der Waals surface area contributed by atoms with Gasteiger partial charge in [-0.2, -0.15) is 15.4 Å². The molecule has 4 rings (SSSR count). The van der Waals surface area contributed by atoms with E-state index in [-0.39, 0.29) is 18.1 Å². The summed E-state index contributed by atoms with van der Waals surface area (Å²) in [6.45, 7) is 0. The zero-order valence-electron chi connectivity index (χ0n) is 15.7. The van der Waals surface area contributed by atoms with Crippen molar-refractivity contribution in [3.63, 3.8) is 0 Å². The number of nitrogens with zero attached hydrogens (tertiary/aromatic N) is 2. The van der Waals surface area contributed by atoms with Crippen LogP contribution in [0.15, 0.2) is 78.9 Å². The molecule has 4 aromatic rings. The molecule has 0 radical (unpaired) electrons. The first-order valence-electron chi connectivity index (χ1n) is 9.41. The van der Waals surface area contributed by atoms with E-state index in [1.165, 1.54) is 0 Å². The van der Waals surface area contributed by atoms with E-state index in [4.69, 9.17) is 0 Å². The topological polar surface area (TPSA) is 87.7 Å². The van der Waals surface area contributed by atoms with Crippen molar-refractivity contribution >= 4 is 22.7 Å². The number of H-pyrrole nitrogens is 1. The number of carbonyl (C=O) groups excluding carboxylic acids is 2. The van der Waals surface area contributed by atoms with Crippen molar-refractivity contribution in [2.45, 2.75) is 18.9 Å². The van der Waals surface area contributed by atoms with Gasteiger partial charge < -0.3 is 5.32 Å². The van der Waals surface area contributed by atoms with Crippen LogP contribution in [0, 0.1) is 0 Å². The van der Waals surface area contributed by atoms with E-state index in [1.807, 2.05) is 54.6 Å². The summed E-state index contributed by atoms with van der Waals surface area (Å²) in [6.07, 6.45) is 0.587. The fourth-order valence-electron chi connectivity index (χ4n) is 3.31. The quantitative estimate of drug-likeness (QED) is 0.512. The number of benzene rings is 3. The molecule has 1 atom stereocenters. The van der Waals surface area contributed by atoms with Crippen LogP contribution < -0.4 is 5.32 Å². The molecule has 0 aliphatic heterocycles. The number of rotatable bonds is 7. The van der Waals surface area contributed by atoms with Gasteiger partial charge >= 0.3 is 0 Å². The smallest absolute Gasteiger partial charge is 0.251 e. The maximum Gasteiger partial charge on any atom is 0.251 e. The molecule has 1 aromatic heterocycles. The summed E-state index contributed by atoms with van der Waals surface area (Å²) >= 11 is 0. The van der Waals surface area contributed by atoms with Gasteiger partial charge in [0.1, 0.15) is 11.0 Å². The second-order valence-corrected chi connectivity index (χ2v) is 6.83. The van der Waals surface area contributed by atoms with E-state index in [2.05, 4.69) is 20.7 Å². The lowest BCUT2D eigenvalue weighted by molar-refractivity contribution is -0.120. The van der Waals surface area contributed by atoms with Crippen molar-refractivity contribution in [2.75, 3.05) is 0 Å². The Morgan fingerprint density at radius 2 is 1.59 bits per heavy atom. The summed E-state index contributed by atoms with van der Waals surface area (Å²) in [5, 5.41) is 13.7. The van der Waals surface area contributed by atoms with Crippen LogP contribution in [0.3, 0.4) is 0 Å². The van der Waals surface area contributed by atoms with E-state index in [0.29, 0.717) is 23.0 Å². The van der Waals surface area contributed by atoms with Crippen LogP contribution in [-0.2, 0) is 17.6 Å². The molecule has 0 saturated carbocycles. The highest BCUT2D eigenvalue weighted by atomic mass is 16.2. The van der Waals surface area contributed by atoms with Gasteiger partial charge in [0.2, 0.25) is 0 Å². The number of carbonyl (C=O) groups is 2. The number of aromatic amines is 1. The summed E-state index contributed by atoms with van der Waals surface area (Å²) < 4.78 is 0. The predicted octanol–water partition coefficient (Wildman–Crippen LogP) is 3.11. The predicted molar refractivity (Wildman–Crippen MR) is 110 cm³/mol. The van der Waals surface area contributed by atoms with Gasteiger partial charge in [0, 0.05) is 12.0 Å². The van der Waals surface area contributed by atoms with Crippen LogP contribution in [0.5, 0.6) is 0 Å². The molecule has 0 bridgehead atoms. The first kappa shape index (κ1) is 18.6. The molecule has 144 valence electrons. The van der Waals surface area contributed by atoms with Gasteiger partial charge in [0.15, 0.2) is 5.78 Å². The lowest BCUT2D eigenvalue weighted by Gasteiger charge is -2.18. The number of Topliss-reactive ketones (excluding diaryl/α,β-unsaturated/α-hetero) is 1. The monoisotopic (exact) mass is 384 g/mol. The fraction of sp³-hybridized carbons (Fsp3) is 0.130. The summed E-state index contributed by atoms with van der Waals surface area (Å²) in [5.41, 5.74) is 3.68. The average molecular weight is 384 g/mol. The summed E-state index contributed by atoms with van der Waals surface area (Å²) in [7, 11) is 0. The van der Waals surface area contributed by atoms with Crippen LogP contribution in [0.4, 0.5) is 0 Å². The van der Waals surface area contributed by atoms with E-state index >= 15 is 0 Å². The number of hydrogen-bond acceptors (Lipinski definition) is 4. The molecule has 0 aliphatic rings. The molecular weight excluding hydrogens is 364 g/mol. The van der Waals surface area contributed by atoms with Crippen LogP contribution >= 0.6 is 0 Å². The number of fused-ring (bicyclic) bond motifs is 1. The molecule has 0 spiro atoms. The number of nitrogens with one attached hydrogen (secondary N) is 2. The minimum atomic E-state index is -0.646. The molecule has 0 aliphatic carbocycles. The molecule has 6 heteroatoms. The number of hydrogen-bond donors (Lipinski definition) is 2. The molecule has 1 amide bonds. The minimum Gasteiger partial charge on any atom is -0.342 e. The molecule has 0 saturated heterocycles. The standard InChI is InChI=1S/C23H20N4O2/c28-21(15-18-12-7-13-19-22(18)26-27-25-19)20(14-16-8-3-1-4-9-16)24-23(29)17-10-5-2-6-11-17/h1-13,20H,14-15H2,(H,24,29)(H,25,26,27). The highest BCUT2D eigenvalue weighted by molar-refractivity contribution is 5.99. The number of para-hydroxylation sites is 1. The van der Waals surface area contributed by atoms with Gasteiger partial charge in [-0.05, 0) is 35.7 Å². The molecule has 6 nitrogen and oxygen atoms in total. The van der Waals surface area contributed by atoms with Gasteiger partial charge in [-0.1, -0.05) is 60.7 Å². The third kappa shape index (κ3) is 4.38. The van der Waals surface area contributed by atoms with Crippen molar-refractivity contribution in [3.8, 4) is 0 Å². The SMILES string of the molecule is O=C(NC(Cc1ccccc1)C(=O)Cc1cccc2n[nH]nc12)c1ccccc1. The van der Waals surface area contributed by atoms with Crippen LogP contribution in [0.25, 0.3) is 11.0 Å². The largest absolute Gasteiger partial charge is 0.342 e. The van der Waals surface area contributed by atoms with E-state index in [9.17, 15) is 9.59 Å². The first-order valence-corrected chi connectivity index (χ1v) is 9.41. The molecule has 2 N–H and O–H groups in total.